The molecule has 128 valence electrons. The maximum absolute atomic E-state index is 12.8. The van der Waals surface area contributed by atoms with Gasteiger partial charge in [-0.25, -0.2) is 0 Å². The van der Waals surface area contributed by atoms with Crippen LogP contribution in [-0.2, 0) is 4.79 Å². The summed E-state index contributed by atoms with van der Waals surface area (Å²) in [7, 11) is 1.63. The van der Waals surface area contributed by atoms with Crippen molar-refractivity contribution in [2.75, 3.05) is 12.4 Å². The van der Waals surface area contributed by atoms with E-state index in [4.69, 9.17) is 4.74 Å². The number of amides is 1. The first kappa shape index (κ1) is 17.6. The molecule has 1 unspecified atom stereocenters. The third-order valence-electron chi connectivity index (χ3n) is 4.77. The summed E-state index contributed by atoms with van der Waals surface area (Å²) >= 11 is 0. The first-order chi connectivity index (χ1) is 10.8. The van der Waals surface area contributed by atoms with E-state index >= 15 is 0 Å². The molecule has 1 aromatic carbocycles. The molecule has 0 saturated heterocycles. The number of ether oxygens (including phenoxy) is 1. The first-order valence-corrected chi connectivity index (χ1v) is 8.22. The van der Waals surface area contributed by atoms with Gasteiger partial charge in [0, 0.05) is 5.69 Å². The SMILES string of the molecule is COc1ccc(NC2(C(=O)NC(C)C(C)(C)O)CCCC2)cc1. The maximum Gasteiger partial charge on any atom is 0.245 e. The lowest BCUT2D eigenvalue weighted by molar-refractivity contribution is -0.127. The number of nitrogens with one attached hydrogen (secondary N) is 2. The zero-order valence-corrected chi connectivity index (χ0v) is 14.5. The Morgan fingerprint density at radius 3 is 2.30 bits per heavy atom. The summed E-state index contributed by atoms with van der Waals surface area (Å²) in [4.78, 5) is 12.8. The smallest absolute Gasteiger partial charge is 0.245 e. The minimum absolute atomic E-state index is 0.0413. The first-order valence-electron chi connectivity index (χ1n) is 8.22. The third-order valence-corrected chi connectivity index (χ3v) is 4.77. The van der Waals surface area contributed by atoms with Crippen LogP contribution in [0.4, 0.5) is 5.69 Å². The van der Waals surface area contributed by atoms with Crippen molar-refractivity contribution in [3.8, 4) is 5.75 Å². The van der Waals surface area contributed by atoms with Crippen molar-refractivity contribution in [1.82, 2.24) is 5.32 Å². The summed E-state index contributed by atoms with van der Waals surface area (Å²) in [6.07, 6.45) is 3.63. The van der Waals surface area contributed by atoms with Crippen molar-refractivity contribution in [3.05, 3.63) is 24.3 Å². The van der Waals surface area contributed by atoms with E-state index < -0.39 is 11.1 Å². The third kappa shape index (κ3) is 4.16. The molecule has 1 aliphatic carbocycles. The van der Waals surface area contributed by atoms with E-state index in [1.54, 1.807) is 21.0 Å². The predicted octanol–water partition coefficient (Wildman–Crippen LogP) is 2.70. The molecule has 1 atom stereocenters. The molecular formula is C18H28N2O3. The predicted molar refractivity (Wildman–Crippen MR) is 91.7 cm³/mol. The molecule has 1 amide bonds. The van der Waals surface area contributed by atoms with Gasteiger partial charge in [0.05, 0.1) is 18.8 Å². The maximum atomic E-state index is 12.8. The van der Waals surface area contributed by atoms with Crippen molar-refractivity contribution in [2.45, 2.75) is 63.6 Å². The molecular weight excluding hydrogens is 292 g/mol. The molecule has 3 N–H and O–H groups in total. The standard InChI is InChI=1S/C18H28N2O3/c1-13(17(2,3)22)19-16(21)18(11-5-6-12-18)20-14-7-9-15(23-4)10-8-14/h7-10,13,20,22H,5-6,11-12H2,1-4H3,(H,19,21). The van der Waals surface area contributed by atoms with E-state index in [2.05, 4.69) is 10.6 Å². The Kier molecular flexibility index (Phi) is 5.19. The van der Waals surface area contributed by atoms with Crippen molar-refractivity contribution >= 4 is 11.6 Å². The molecule has 0 bridgehead atoms. The average molecular weight is 320 g/mol. The summed E-state index contributed by atoms with van der Waals surface area (Å²) < 4.78 is 5.17. The number of hydrogen-bond donors (Lipinski definition) is 3. The van der Waals surface area contributed by atoms with Crippen LogP contribution in [0.2, 0.25) is 0 Å². The molecule has 5 heteroatoms. The van der Waals surface area contributed by atoms with Crippen LogP contribution in [0.1, 0.15) is 46.5 Å². The lowest BCUT2D eigenvalue weighted by atomic mass is 9.93. The van der Waals surface area contributed by atoms with Gasteiger partial charge in [0.25, 0.3) is 0 Å². The van der Waals surface area contributed by atoms with E-state index in [1.807, 2.05) is 31.2 Å². The number of rotatable bonds is 6. The molecule has 0 aliphatic heterocycles. The number of benzene rings is 1. The van der Waals surface area contributed by atoms with Gasteiger partial charge >= 0.3 is 0 Å². The monoisotopic (exact) mass is 320 g/mol. The minimum atomic E-state index is -0.949. The number of anilines is 1. The van der Waals surface area contributed by atoms with E-state index in [9.17, 15) is 9.90 Å². The van der Waals surface area contributed by atoms with E-state index in [0.717, 1.165) is 37.1 Å². The van der Waals surface area contributed by atoms with Gasteiger partial charge in [-0.05, 0) is 57.9 Å². The highest BCUT2D eigenvalue weighted by molar-refractivity contribution is 5.90. The van der Waals surface area contributed by atoms with Gasteiger partial charge in [-0.3, -0.25) is 4.79 Å². The summed E-state index contributed by atoms with van der Waals surface area (Å²) in [6, 6.07) is 7.28. The quantitative estimate of drug-likeness (QED) is 0.754. The summed E-state index contributed by atoms with van der Waals surface area (Å²) in [6.45, 7) is 5.24. The van der Waals surface area contributed by atoms with E-state index in [0.29, 0.717) is 0 Å². The summed E-state index contributed by atoms with van der Waals surface area (Å²) in [5, 5.41) is 16.4. The zero-order chi connectivity index (χ0) is 17.1. The van der Waals surface area contributed by atoms with Crippen LogP contribution in [0.15, 0.2) is 24.3 Å². The molecule has 1 saturated carbocycles. The van der Waals surface area contributed by atoms with E-state index in [1.165, 1.54) is 0 Å². The molecule has 0 aromatic heterocycles. The highest BCUT2D eigenvalue weighted by Gasteiger charge is 2.42. The van der Waals surface area contributed by atoms with Crippen molar-refractivity contribution in [2.24, 2.45) is 0 Å². The van der Waals surface area contributed by atoms with Crippen LogP contribution in [0, 0.1) is 0 Å². The number of carbonyl (C=O) groups excluding carboxylic acids is 1. The second-order valence-electron chi connectivity index (χ2n) is 6.99. The van der Waals surface area contributed by atoms with Crippen LogP contribution in [0.3, 0.4) is 0 Å². The molecule has 2 rings (SSSR count). The Labute approximate surface area is 138 Å². The molecule has 0 spiro atoms. The Balaban J connectivity index is 2.13. The van der Waals surface area contributed by atoms with Gasteiger partial charge < -0.3 is 20.5 Å². The molecule has 0 radical (unpaired) electrons. The molecule has 0 heterocycles. The van der Waals surface area contributed by atoms with Gasteiger partial charge in [-0.2, -0.15) is 0 Å². The molecule has 1 aromatic rings. The van der Waals surface area contributed by atoms with Gasteiger partial charge in [0.1, 0.15) is 11.3 Å². The Morgan fingerprint density at radius 1 is 1.26 bits per heavy atom. The van der Waals surface area contributed by atoms with Crippen LogP contribution in [0.5, 0.6) is 5.75 Å². The van der Waals surface area contributed by atoms with Gasteiger partial charge in [-0.15, -0.1) is 0 Å². The van der Waals surface area contributed by atoms with Crippen LogP contribution in [-0.4, -0.2) is 35.3 Å². The second kappa shape index (κ2) is 6.79. The topological polar surface area (TPSA) is 70.6 Å². The Hall–Kier alpha value is -1.75. The summed E-state index contributed by atoms with van der Waals surface area (Å²) in [5.74, 6) is 0.747. The van der Waals surface area contributed by atoms with Crippen LogP contribution in [0.25, 0.3) is 0 Å². The average Bonchev–Trinajstić information content (AvgIpc) is 2.97. The normalized spacial score (nSPS) is 18.3. The van der Waals surface area contributed by atoms with Gasteiger partial charge in [0.15, 0.2) is 0 Å². The van der Waals surface area contributed by atoms with Gasteiger partial charge in [-0.1, -0.05) is 12.8 Å². The van der Waals surface area contributed by atoms with Crippen LogP contribution < -0.4 is 15.4 Å². The lowest BCUT2D eigenvalue weighted by Gasteiger charge is -2.34. The highest BCUT2D eigenvalue weighted by Crippen LogP contribution is 2.34. The fourth-order valence-corrected chi connectivity index (χ4v) is 2.85. The van der Waals surface area contributed by atoms with Crippen LogP contribution >= 0.6 is 0 Å². The number of carbonyl (C=O) groups is 1. The van der Waals surface area contributed by atoms with Crippen molar-refractivity contribution in [1.29, 1.82) is 0 Å². The zero-order valence-electron chi connectivity index (χ0n) is 14.5. The molecule has 5 nitrogen and oxygen atoms in total. The van der Waals surface area contributed by atoms with Crippen molar-refractivity contribution in [3.63, 3.8) is 0 Å². The number of hydrogen-bond acceptors (Lipinski definition) is 4. The minimum Gasteiger partial charge on any atom is -0.497 e. The van der Waals surface area contributed by atoms with Gasteiger partial charge in [0.2, 0.25) is 5.91 Å². The van der Waals surface area contributed by atoms with E-state index in [-0.39, 0.29) is 11.9 Å². The lowest BCUT2D eigenvalue weighted by Crippen LogP contribution is -2.57. The fraction of sp³-hybridized carbons (Fsp3) is 0.611. The highest BCUT2D eigenvalue weighted by atomic mass is 16.5. The number of aliphatic hydroxyl groups is 1. The molecule has 1 fully saturated rings. The largest absolute Gasteiger partial charge is 0.497 e. The molecule has 1 aliphatic rings. The van der Waals surface area contributed by atoms with Crippen molar-refractivity contribution < 1.29 is 14.6 Å². The Bertz CT molecular complexity index is 528. The summed E-state index contributed by atoms with van der Waals surface area (Å²) in [5.41, 5.74) is -0.650. The number of methoxy groups -OCH3 is 1. The second-order valence-corrected chi connectivity index (χ2v) is 6.99. The fourth-order valence-electron chi connectivity index (χ4n) is 2.85. The Morgan fingerprint density at radius 2 is 1.83 bits per heavy atom. The molecule has 23 heavy (non-hydrogen) atoms.